The second-order valence-electron chi connectivity index (χ2n) is 6.34. The highest BCUT2D eigenvalue weighted by molar-refractivity contribution is 5.98. The number of carbonyl (C=O) groups is 2. The summed E-state index contributed by atoms with van der Waals surface area (Å²) in [4.78, 5) is 25.8. The summed E-state index contributed by atoms with van der Waals surface area (Å²) in [7, 11) is 0. The molecule has 4 rings (SSSR count). The average molecular weight is 368 g/mol. The van der Waals surface area contributed by atoms with Crippen LogP contribution in [0.3, 0.4) is 0 Å². The fraction of sp³-hybridized carbons (Fsp3) is 0.200. The lowest BCUT2D eigenvalue weighted by molar-refractivity contribution is -0.117. The highest BCUT2D eigenvalue weighted by atomic mass is 19.1. The number of hydrogen-bond donors (Lipinski definition) is 1. The van der Waals surface area contributed by atoms with Gasteiger partial charge in [-0.05, 0) is 42.0 Å². The Bertz CT molecular complexity index is 928. The Morgan fingerprint density at radius 1 is 1.19 bits per heavy atom. The van der Waals surface area contributed by atoms with E-state index in [2.05, 4.69) is 5.32 Å². The maximum Gasteiger partial charge on any atom is 0.244 e. The van der Waals surface area contributed by atoms with E-state index in [1.165, 1.54) is 23.1 Å². The van der Waals surface area contributed by atoms with Gasteiger partial charge >= 0.3 is 0 Å². The van der Waals surface area contributed by atoms with Gasteiger partial charge in [0.2, 0.25) is 18.6 Å². The Morgan fingerprint density at radius 2 is 2.04 bits per heavy atom. The van der Waals surface area contributed by atoms with Crippen LogP contribution in [0.25, 0.3) is 6.08 Å². The molecule has 0 aromatic heterocycles. The molecule has 0 saturated carbocycles. The van der Waals surface area contributed by atoms with Crippen molar-refractivity contribution in [3.05, 3.63) is 59.9 Å². The van der Waals surface area contributed by atoms with Crippen molar-refractivity contribution in [1.82, 2.24) is 5.32 Å². The Balaban J connectivity index is 1.36. The van der Waals surface area contributed by atoms with E-state index in [0.717, 1.165) is 5.56 Å². The lowest BCUT2D eigenvalue weighted by atomic mass is 10.2. The van der Waals surface area contributed by atoms with Crippen molar-refractivity contribution in [3.8, 4) is 11.5 Å². The van der Waals surface area contributed by atoms with Crippen LogP contribution >= 0.6 is 0 Å². The molecule has 2 heterocycles. The molecule has 0 aliphatic carbocycles. The molecule has 2 amide bonds. The number of amides is 2. The first-order valence-electron chi connectivity index (χ1n) is 8.53. The van der Waals surface area contributed by atoms with Gasteiger partial charge in [0.25, 0.3) is 0 Å². The molecule has 2 aromatic rings. The van der Waals surface area contributed by atoms with E-state index in [0.29, 0.717) is 23.7 Å². The fourth-order valence-electron chi connectivity index (χ4n) is 3.14. The van der Waals surface area contributed by atoms with E-state index in [4.69, 9.17) is 9.47 Å². The summed E-state index contributed by atoms with van der Waals surface area (Å²) in [6.45, 7) is 0.506. The topological polar surface area (TPSA) is 67.9 Å². The van der Waals surface area contributed by atoms with Crippen LogP contribution in [0, 0.1) is 5.82 Å². The monoisotopic (exact) mass is 368 g/mol. The molecule has 1 N–H and O–H groups in total. The van der Waals surface area contributed by atoms with Crippen LogP contribution in [-0.2, 0) is 9.59 Å². The molecule has 1 atom stereocenters. The van der Waals surface area contributed by atoms with Crippen LogP contribution in [0.4, 0.5) is 10.1 Å². The third kappa shape index (κ3) is 3.76. The van der Waals surface area contributed by atoms with Gasteiger partial charge < -0.3 is 19.7 Å². The van der Waals surface area contributed by atoms with Crippen LogP contribution in [0.1, 0.15) is 12.0 Å². The number of carbonyl (C=O) groups excluding carboxylic acids is 2. The van der Waals surface area contributed by atoms with Crippen molar-refractivity contribution in [1.29, 1.82) is 0 Å². The number of nitrogens with one attached hydrogen (secondary N) is 1. The molecule has 7 heteroatoms. The first-order chi connectivity index (χ1) is 13.1. The lowest BCUT2D eigenvalue weighted by Crippen LogP contribution is -2.36. The summed E-state index contributed by atoms with van der Waals surface area (Å²) < 4.78 is 23.9. The first kappa shape index (κ1) is 17.1. The molecular formula is C20H17FN2O4. The number of halogens is 1. The van der Waals surface area contributed by atoms with Crippen LogP contribution in [0.15, 0.2) is 48.5 Å². The second-order valence-corrected chi connectivity index (χ2v) is 6.34. The summed E-state index contributed by atoms with van der Waals surface area (Å²) in [5, 5.41) is 2.81. The Hall–Kier alpha value is -3.35. The predicted octanol–water partition coefficient (Wildman–Crippen LogP) is 2.49. The highest BCUT2D eigenvalue weighted by Crippen LogP contribution is 2.32. The van der Waals surface area contributed by atoms with Gasteiger partial charge in [-0.2, -0.15) is 0 Å². The minimum atomic E-state index is -0.403. The third-order valence-electron chi connectivity index (χ3n) is 4.42. The van der Waals surface area contributed by atoms with Crippen molar-refractivity contribution < 1.29 is 23.5 Å². The number of hydrogen-bond acceptors (Lipinski definition) is 4. The second kappa shape index (κ2) is 7.11. The van der Waals surface area contributed by atoms with E-state index in [-0.39, 0.29) is 31.1 Å². The Labute approximate surface area is 155 Å². The van der Waals surface area contributed by atoms with E-state index in [9.17, 15) is 14.0 Å². The number of anilines is 1. The number of ether oxygens (including phenoxy) is 2. The van der Waals surface area contributed by atoms with Gasteiger partial charge in [-0.1, -0.05) is 12.1 Å². The maximum absolute atomic E-state index is 13.4. The largest absolute Gasteiger partial charge is 0.454 e. The molecule has 0 bridgehead atoms. The minimum Gasteiger partial charge on any atom is -0.454 e. The lowest BCUT2D eigenvalue weighted by Gasteiger charge is -2.17. The van der Waals surface area contributed by atoms with E-state index in [1.807, 2.05) is 6.07 Å². The van der Waals surface area contributed by atoms with Gasteiger partial charge in [-0.15, -0.1) is 0 Å². The zero-order valence-corrected chi connectivity index (χ0v) is 14.4. The van der Waals surface area contributed by atoms with Gasteiger partial charge in [-0.25, -0.2) is 4.39 Å². The Morgan fingerprint density at radius 3 is 2.89 bits per heavy atom. The van der Waals surface area contributed by atoms with Crippen LogP contribution in [-0.4, -0.2) is 31.2 Å². The number of nitrogens with zero attached hydrogens (tertiary/aromatic N) is 1. The normalized spacial score (nSPS) is 18.3. The fourth-order valence-corrected chi connectivity index (χ4v) is 3.14. The molecule has 6 nitrogen and oxygen atoms in total. The first-order valence-corrected chi connectivity index (χ1v) is 8.53. The third-order valence-corrected chi connectivity index (χ3v) is 4.42. The number of rotatable bonds is 4. The molecule has 0 radical (unpaired) electrons. The van der Waals surface area contributed by atoms with Crippen LogP contribution in [0.2, 0.25) is 0 Å². The van der Waals surface area contributed by atoms with Crippen molar-refractivity contribution >= 4 is 23.6 Å². The molecule has 1 fully saturated rings. The predicted molar refractivity (Wildman–Crippen MR) is 96.9 cm³/mol. The average Bonchev–Trinajstić information content (AvgIpc) is 3.25. The quantitative estimate of drug-likeness (QED) is 0.842. The molecule has 2 aliphatic heterocycles. The molecule has 1 saturated heterocycles. The molecule has 0 unspecified atom stereocenters. The summed E-state index contributed by atoms with van der Waals surface area (Å²) in [5.41, 5.74) is 1.30. The van der Waals surface area contributed by atoms with Gasteiger partial charge in [0.15, 0.2) is 11.5 Å². The van der Waals surface area contributed by atoms with Crippen molar-refractivity contribution in [2.24, 2.45) is 0 Å². The summed E-state index contributed by atoms with van der Waals surface area (Å²) in [5.74, 6) is 0.472. The Kier molecular flexibility index (Phi) is 4.50. The number of benzene rings is 2. The molecule has 0 spiro atoms. The standard InChI is InChI=1S/C20H17FN2O4/c21-14-2-1-3-16(9-14)23-11-15(10-20(23)25)22-19(24)7-5-13-4-6-17-18(8-13)27-12-26-17/h1-9,15H,10-12H2,(H,22,24)/b7-5-/t15-/m0/s1. The van der Waals surface area contributed by atoms with E-state index in [1.54, 1.807) is 30.3 Å². The van der Waals surface area contributed by atoms with Crippen molar-refractivity contribution in [3.63, 3.8) is 0 Å². The molecular weight excluding hydrogens is 351 g/mol. The van der Waals surface area contributed by atoms with Crippen LogP contribution in [0.5, 0.6) is 11.5 Å². The molecule has 2 aromatic carbocycles. The highest BCUT2D eigenvalue weighted by Gasteiger charge is 2.31. The van der Waals surface area contributed by atoms with Gasteiger partial charge in [0.1, 0.15) is 5.82 Å². The molecule has 27 heavy (non-hydrogen) atoms. The smallest absolute Gasteiger partial charge is 0.244 e. The van der Waals surface area contributed by atoms with Gasteiger partial charge in [0, 0.05) is 24.7 Å². The number of fused-ring (bicyclic) bond motifs is 1. The molecule has 2 aliphatic rings. The summed E-state index contributed by atoms with van der Waals surface area (Å²) in [6.07, 6.45) is 3.26. The van der Waals surface area contributed by atoms with Crippen molar-refractivity contribution in [2.45, 2.75) is 12.5 Å². The van der Waals surface area contributed by atoms with E-state index >= 15 is 0 Å². The SMILES string of the molecule is O=C(/C=C\c1ccc2c(c1)OCO2)N[C@H]1CC(=O)N(c2cccc(F)c2)C1. The maximum atomic E-state index is 13.4. The zero-order chi connectivity index (χ0) is 18.8. The van der Waals surface area contributed by atoms with E-state index < -0.39 is 5.82 Å². The minimum absolute atomic E-state index is 0.148. The summed E-state index contributed by atoms with van der Waals surface area (Å²) >= 11 is 0. The van der Waals surface area contributed by atoms with Crippen molar-refractivity contribution in [2.75, 3.05) is 18.2 Å². The van der Waals surface area contributed by atoms with Gasteiger partial charge in [-0.3, -0.25) is 9.59 Å². The summed E-state index contributed by atoms with van der Waals surface area (Å²) in [6, 6.07) is 10.9. The molecule has 138 valence electrons. The van der Waals surface area contributed by atoms with Gasteiger partial charge in [0.05, 0.1) is 6.04 Å². The van der Waals surface area contributed by atoms with Crippen LogP contribution < -0.4 is 19.7 Å². The zero-order valence-electron chi connectivity index (χ0n) is 14.4.